The highest BCUT2D eigenvalue weighted by molar-refractivity contribution is 6.21. The second-order valence-corrected chi connectivity index (χ2v) is 7.73. The number of nitrogens with one attached hydrogen (secondary N) is 1. The van der Waals surface area contributed by atoms with Crippen molar-refractivity contribution in [3.63, 3.8) is 0 Å². The van der Waals surface area contributed by atoms with Crippen LogP contribution in [-0.4, -0.2) is 29.8 Å². The lowest BCUT2D eigenvalue weighted by atomic mass is 9.78. The highest BCUT2D eigenvalue weighted by Crippen LogP contribution is 2.29. The summed E-state index contributed by atoms with van der Waals surface area (Å²) in [4.78, 5) is 37.7. The van der Waals surface area contributed by atoms with Crippen LogP contribution in [0.25, 0.3) is 0 Å². The lowest BCUT2D eigenvalue weighted by Crippen LogP contribution is -2.97. The van der Waals surface area contributed by atoms with Gasteiger partial charge in [0.25, 0.3) is 5.91 Å². The first-order valence-electron chi connectivity index (χ1n) is 9.46. The minimum atomic E-state index is -0.324. The second-order valence-electron chi connectivity index (χ2n) is 7.73. The van der Waals surface area contributed by atoms with Crippen molar-refractivity contribution in [1.82, 2.24) is 0 Å². The van der Waals surface area contributed by atoms with Crippen molar-refractivity contribution in [2.45, 2.75) is 58.5 Å². The molecule has 3 amide bonds. The third-order valence-electron chi connectivity index (χ3n) is 5.88. The van der Waals surface area contributed by atoms with Crippen molar-refractivity contribution in [3.05, 3.63) is 24.3 Å². The summed E-state index contributed by atoms with van der Waals surface area (Å²) in [6, 6.07) is 6.90. The molecule has 0 radical (unpaired) electrons. The molecule has 0 unspecified atom stereocenters. The Morgan fingerprint density at radius 1 is 1.15 bits per heavy atom. The molecule has 1 aliphatic heterocycles. The van der Waals surface area contributed by atoms with Gasteiger partial charge in [-0.25, -0.2) is 4.90 Å². The number of imide groups is 1. The molecule has 1 saturated heterocycles. The maximum Gasteiger partial charge on any atom is 0.292 e. The number of benzene rings is 1. The Bertz CT molecular complexity index is 701. The van der Waals surface area contributed by atoms with E-state index in [0.717, 1.165) is 6.42 Å². The predicted octanol–water partition coefficient (Wildman–Crippen LogP) is 1.66. The van der Waals surface area contributed by atoms with E-state index in [4.69, 9.17) is 0 Å². The van der Waals surface area contributed by atoms with E-state index in [1.807, 2.05) is 0 Å². The molecule has 26 heavy (non-hydrogen) atoms. The molecular weight excluding hydrogens is 330 g/mol. The Morgan fingerprint density at radius 3 is 2.50 bits per heavy atom. The van der Waals surface area contributed by atoms with E-state index in [0.29, 0.717) is 29.3 Å². The number of carbonyl (C=O) groups is 3. The van der Waals surface area contributed by atoms with Gasteiger partial charge in [-0.2, -0.15) is 0 Å². The van der Waals surface area contributed by atoms with Gasteiger partial charge >= 0.3 is 0 Å². The van der Waals surface area contributed by atoms with Crippen molar-refractivity contribution < 1.29 is 19.7 Å². The molecular formula is C20H28N3O3+. The lowest BCUT2D eigenvalue weighted by molar-refractivity contribution is -0.716. The molecule has 0 aromatic heterocycles. The zero-order valence-electron chi connectivity index (χ0n) is 15.7. The smallest absolute Gasteiger partial charge is 0.292 e. The minimum absolute atomic E-state index is 0.132. The van der Waals surface area contributed by atoms with Gasteiger partial charge in [-0.1, -0.05) is 13.8 Å². The van der Waals surface area contributed by atoms with Gasteiger partial charge in [-0.3, -0.25) is 14.4 Å². The molecule has 4 atom stereocenters. The Labute approximate surface area is 154 Å². The quantitative estimate of drug-likeness (QED) is 0.803. The fourth-order valence-corrected chi connectivity index (χ4v) is 4.17. The van der Waals surface area contributed by atoms with Crippen LogP contribution < -0.4 is 15.5 Å². The number of hydrogen-bond acceptors (Lipinski definition) is 3. The first-order valence-corrected chi connectivity index (χ1v) is 9.46. The Balaban J connectivity index is 1.69. The highest BCUT2D eigenvalue weighted by atomic mass is 16.2. The lowest BCUT2D eigenvalue weighted by Gasteiger charge is -2.33. The van der Waals surface area contributed by atoms with Gasteiger partial charge in [0.05, 0.1) is 18.2 Å². The molecule has 3 rings (SSSR count). The van der Waals surface area contributed by atoms with Crippen LogP contribution in [0.3, 0.4) is 0 Å². The van der Waals surface area contributed by atoms with Crippen molar-refractivity contribution in [2.24, 2.45) is 11.8 Å². The highest BCUT2D eigenvalue weighted by Gasteiger charge is 2.44. The zero-order valence-corrected chi connectivity index (χ0v) is 15.7. The number of quaternary nitrogens is 1. The van der Waals surface area contributed by atoms with Gasteiger partial charge in [-0.05, 0) is 49.4 Å². The first-order chi connectivity index (χ1) is 12.4. The molecule has 2 aliphatic rings. The molecule has 6 nitrogen and oxygen atoms in total. The average molecular weight is 358 g/mol. The molecule has 1 heterocycles. The summed E-state index contributed by atoms with van der Waals surface area (Å²) in [6.45, 7) is 5.97. The van der Waals surface area contributed by atoms with Crippen LogP contribution in [0.2, 0.25) is 0 Å². The standard InChI is InChI=1S/C20H27N3O3/c1-12-5-4-6-17(13(12)2)22-18-11-19(25)23(20(18)26)16-9-7-15(8-10-16)21-14(3)24/h7-10,12-13,17-18,22H,4-6,11H2,1-3H3,(H,21,24)/p+1/t12-,13+,17-,18+/m0/s1. The van der Waals surface area contributed by atoms with Gasteiger partial charge in [0.15, 0.2) is 6.04 Å². The summed E-state index contributed by atoms with van der Waals surface area (Å²) in [7, 11) is 0. The molecule has 6 heteroatoms. The third-order valence-corrected chi connectivity index (χ3v) is 5.88. The van der Waals surface area contributed by atoms with Crippen molar-refractivity contribution in [1.29, 1.82) is 0 Å². The fourth-order valence-electron chi connectivity index (χ4n) is 4.17. The maximum absolute atomic E-state index is 12.8. The summed E-state index contributed by atoms with van der Waals surface area (Å²) >= 11 is 0. The minimum Gasteiger partial charge on any atom is -0.333 e. The van der Waals surface area contributed by atoms with E-state index in [1.54, 1.807) is 24.3 Å². The Kier molecular flexibility index (Phi) is 5.41. The maximum atomic E-state index is 12.8. The number of nitrogens with two attached hydrogens (primary N) is 1. The number of anilines is 2. The van der Waals surface area contributed by atoms with E-state index in [2.05, 4.69) is 24.5 Å². The van der Waals surface area contributed by atoms with Crippen molar-refractivity contribution in [3.8, 4) is 0 Å². The Hall–Kier alpha value is -2.21. The van der Waals surface area contributed by atoms with Gasteiger partial charge in [0.2, 0.25) is 11.8 Å². The van der Waals surface area contributed by atoms with E-state index in [-0.39, 0.29) is 30.2 Å². The molecule has 0 spiro atoms. The fraction of sp³-hybridized carbons (Fsp3) is 0.550. The molecule has 1 aromatic carbocycles. The monoisotopic (exact) mass is 358 g/mol. The number of nitrogens with zero attached hydrogens (tertiary/aromatic N) is 1. The van der Waals surface area contributed by atoms with Gasteiger partial charge in [-0.15, -0.1) is 0 Å². The summed E-state index contributed by atoms with van der Waals surface area (Å²) in [5, 5.41) is 4.81. The summed E-state index contributed by atoms with van der Waals surface area (Å²) in [6.07, 6.45) is 3.80. The van der Waals surface area contributed by atoms with Gasteiger partial charge in [0.1, 0.15) is 0 Å². The second kappa shape index (κ2) is 7.58. The summed E-state index contributed by atoms with van der Waals surface area (Å²) < 4.78 is 0. The van der Waals surface area contributed by atoms with E-state index in [9.17, 15) is 14.4 Å². The van der Waals surface area contributed by atoms with E-state index in [1.165, 1.54) is 24.7 Å². The normalized spacial score (nSPS) is 29.1. The summed E-state index contributed by atoms with van der Waals surface area (Å²) in [5.74, 6) is 0.775. The molecule has 3 N–H and O–H groups in total. The molecule has 2 fully saturated rings. The first kappa shape index (κ1) is 18.6. The van der Waals surface area contributed by atoms with Crippen molar-refractivity contribution in [2.75, 3.05) is 10.2 Å². The van der Waals surface area contributed by atoms with Crippen LogP contribution in [0.15, 0.2) is 24.3 Å². The molecule has 140 valence electrons. The van der Waals surface area contributed by atoms with Gasteiger partial charge in [0, 0.05) is 18.5 Å². The van der Waals surface area contributed by atoms with Crippen LogP contribution >= 0.6 is 0 Å². The molecule has 1 aliphatic carbocycles. The third kappa shape index (κ3) is 3.80. The number of carbonyl (C=O) groups excluding carboxylic acids is 3. The Morgan fingerprint density at radius 2 is 1.85 bits per heavy atom. The van der Waals surface area contributed by atoms with Crippen LogP contribution in [0, 0.1) is 11.8 Å². The summed E-state index contributed by atoms with van der Waals surface area (Å²) in [5.41, 5.74) is 1.21. The van der Waals surface area contributed by atoms with Crippen LogP contribution in [0.4, 0.5) is 11.4 Å². The van der Waals surface area contributed by atoms with Crippen molar-refractivity contribution >= 4 is 29.1 Å². The van der Waals surface area contributed by atoms with Crippen LogP contribution in [-0.2, 0) is 14.4 Å². The van der Waals surface area contributed by atoms with Gasteiger partial charge < -0.3 is 10.6 Å². The van der Waals surface area contributed by atoms with E-state index >= 15 is 0 Å². The van der Waals surface area contributed by atoms with E-state index < -0.39 is 0 Å². The van der Waals surface area contributed by atoms with Crippen LogP contribution in [0.5, 0.6) is 0 Å². The number of amides is 3. The molecule has 1 aromatic rings. The number of hydrogen-bond donors (Lipinski definition) is 2. The number of rotatable bonds is 4. The van der Waals surface area contributed by atoms with Crippen LogP contribution in [0.1, 0.15) is 46.5 Å². The topological polar surface area (TPSA) is 83.1 Å². The molecule has 0 bridgehead atoms. The average Bonchev–Trinajstić information content (AvgIpc) is 2.86. The molecule has 1 saturated carbocycles. The predicted molar refractivity (Wildman–Crippen MR) is 99.5 cm³/mol. The SMILES string of the molecule is CC(=O)Nc1ccc(N2C(=O)C[C@@H]([NH2+][C@H]3CCC[C@H](C)[C@H]3C)C2=O)cc1. The zero-order chi connectivity index (χ0) is 18.8. The largest absolute Gasteiger partial charge is 0.333 e.